The van der Waals surface area contributed by atoms with Crippen LogP contribution in [0, 0.1) is 0 Å². The molecule has 37 heavy (non-hydrogen) atoms. The summed E-state index contributed by atoms with van der Waals surface area (Å²) >= 11 is 0. The fraction of sp³-hybridized carbons (Fsp3) is 1.00. The van der Waals surface area contributed by atoms with Crippen LogP contribution in [-0.2, 0) is 0 Å². The second-order valence-electron chi connectivity index (χ2n) is 13.1. The van der Waals surface area contributed by atoms with Gasteiger partial charge in [-0.15, -0.1) is 0 Å². The third-order valence-corrected chi connectivity index (χ3v) is 9.49. The van der Waals surface area contributed by atoms with Gasteiger partial charge in [-0.25, -0.2) is 0 Å². The van der Waals surface area contributed by atoms with Crippen molar-refractivity contribution in [3.63, 3.8) is 0 Å². The lowest BCUT2D eigenvalue weighted by molar-refractivity contribution is -0.917. The van der Waals surface area contributed by atoms with E-state index in [-0.39, 0.29) is 0 Å². The van der Waals surface area contributed by atoms with Gasteiger partial charge in [-0.05, 0) is 25.7 Å². The second-order valence-corrected chi connectivity index (χ2v) is 13.1. The smallest absolute Gasteiger partial charge is 0.0788 e. The van der Waals surface area contributed by atoms with Crippen LogP contribution in [0.5, 0.6) is 0 Å². The van der Waals surface area contributed by atoms with E-state index in [2.05, 4.69) is 13.8 Å². The van der Waals surface area contributed by atoms with Crippen LogP contribution in [0.1, 0.15) is 206 Å². The Balaban J connectivity index is 1.86. The quantitative estimate of drug-likeness (QED) is 0.0652. The van der Waals surface area contributed by atoms with Crippen molar-refractivity contribution in [1.29, 1.82) is 0 Å². The van der Waals surface area contributed by atoms with Gasteiger partial charge in [-0.2, -0.15) is 0 Å². The van der Waals surface area contributed by atoms with Crippen molar-refractivity contribution >= 4 is 0 Å². The van der Waals surface area contributed by atoms with Crippen molar-refractivity contribution < 1.29 is 4.48 Å². The van der Waals surface area contributed by atoms with Crippen molar-refractivity contribution in [2.45, 2.75) is 206 Å². The number of hydrogen-bond donors (Lipinski definition) is 0. The van der Waals surface area contributed by atoms with E-state index in [9.17, 15) is 0 Å². The van der Waals surface area contributed by atoms with Crippen molar-refractivity contribution in [3.05, 3.63) is 0 Å². The number of rotatable bonds is 30. The molecular formula is C36H74N+. The molecule has 1 aliphatic rings. The standard InChI is InChI=1S/C36H74N/c1-3-5-7-9-11-13-15-16-17-18-19-20-22-24-26-28-30-34-37(35-31-32-36-37)33-29-27-25-23-21-14-12-10-8-6-4-2/h3-36H2,1-2H3/q+1. The predicted octanol–water partition coefficient (Wildman–Crippen LogP) is 12.6. The molecule has 0 unspecified atom stereocenters. The van der Waals surface area contributed by atoms with Crippen LogP contribution in [0.3, 0.4) is 0 Å². The van der Waals surface area contributed by atoms with Crippen molar-refractivity contribution in [3.8, 4) is 0 Å². The van der Waals surface area contributed by atoms with Gasteiger partial charge in [0.15, 0.2) is 0 Å². The van der Waals surface area contributed by atoms with Crippen molar-refractivity contribution in [1.82, 2.24) is 0 Å². The minimum atomic E-state index is 1.37. The zero-order valence-corrected chi connectivity index (χ0v) is 26.5. The molecule has 1 heteroatoms. The maximum absolute atomic E-state index is 2.32. The minimum Gasteiger partial charge on any atom is -0.324 e. The molecule has 0 aromatic heterocycles. The molecule has 0 bridgehead atoms. The van der Waals surface area contributed by atoms with E-state index >= 15 is 0 Å². The summed E-state index contributed by atoms with van der Waals surface area (Å²) in [7, 11) is 0. The molecule has 0 aromatic rings. The Morgan fingerprint density at radius 3 is 0.757 bits per heavy atom. The molecule has 1 nitrogen and oxygen atoms in total. The van der Waals surface area contributed by atoms with Crippen LogP contribution in [0.25, 0.3) is 0 Å². The zero-order chi connectivity index (χ0) is 26.5. The third kappa shape index (κ3) is 22.5. The second kappa shape index (κ2) is 27.5. The summed E-state index contributed by atoms with van der Waals surface area (Å²) < 4.78 is 1.50. The summed E-state index contributed by atoms with van der Waals surface area (Å²) in [4.78, 5) is 0. The predicted molar refractivity (Wildman–Crippen MR) is 170 cm³/mol. The topological polar surface area (TPSA) is 0 Å². The highest BCUT2D eigenvalue weighted by Crippen LogP contribution is 2.23. The molecule has 0 aromatic carbocycles. The molecule has 1 heterocycles. The Kier molecular flexibility index (Phi) is 26.0. The number of hydrogen-bond acceptors (Lipinski definition) is 0. The first-order valence-electron chi connectivity index (χ1n) is 18.2. The normalized spacial score (nSPS) is 15.1. The first kappa shape index (κ1) is 35.0. The van der Waals surface area contributed by atoms with Crippen LogP contribution in [0.15, 0.2) is 0 Å². The third-order valence-electron chi connectivity index (χ3n) is 9.49. The van der Waals surface area contributed by atoms with Gasteiger partial charge >= 0.3 is 0 Å². The molecule has 0 radical (unpaired) electrons. The number of nitrogens with zero attached hydrogens (tertiary/aromatic N) is 1. The lowest BCUT2D eigenvalue weighted by atomic mass is 10.0. The van der Waals surface area contributed by atoms with Crippen LogP contribution < -0.4 is 0 Å². The van der Waals surface area contributed by atoms with Crippen molar-refractivity contribution in [2.75, 3.05) is 26.2 Å². The Hall–Kier alpha value is -0.0400. The molecule has 1 saturated heterocycles. The first-order valence-corrected chi connectivity index (χ1v) is 18.2. The summed E-state index contributed by atoms with van der Waals surface area (Å²) in [6, 6.07) is 0. The molecule has 0 spiro atoms. The van der Waals surface area contributed by atoms with E-state index in [1.54, 1.807) is 0 Å². The Bertz CT molecular complexity index is 424. The number of quaternary nitrogens is 1. The zero-order valence-electron chi connectivity index (χ0n) is 26.5. The van der Waals surface area contributed by atoms with Gasteiger partial charge in [0.2, 0.25) is 0 Å². The highest BCUT2D eigenvalue weighted by Gasteiger charge is 2.30. The molecule has 0 N–H and O–H groups in total. The average Bonchev–Trinajstić information content (AvgIpc) is 3.38. The largest absolute Gasteiger partial charge is 0.324 e. The minimum absolute atomic E-state index is 1.37. The maximum Gasteiger partial charge on any atom is 0.0788 e. The molecule has 0 saturated carbocycles. The van der Waals surface area contributed by atoms with E-state index < -0.39 is 0 Å². The highest BCUT2D eigenvalue weighted by molar-refractivity contribution is 4.58. The summed E-state index contributed by atoms with van der Waals surface area (Å²) in [6.45, 7) is 10.6. The summed E-state index contributed by atoms with van der Waals surface area (Å²) in [5.74, 6) is 0. The highest BCUT2D eigenvalue weighted by atomic mass is 15.4. The van der Waals surface area contributed by atoms with E-state index in [4.69, 9.17) is 0 Å². The van der Waals surface area contributed by atoms with Gasteiger partial charge in [0, 0.05) is 12.8 Å². The van der Waals surface area contributed by atoms with Gasteiger partial charge in [-0.3, -0.25) is 0 Å². The van der Waals surface area contributed by atoms with Gasteiger partial charge in [-0.1, -0.05) is 168 Å². The van der Waals surface area contributed by atoms with Gasteiger partial charge in [0.1, 0.15) is 0 Å². The molecule has 0 atom stereocenters. The Morgan fingerprint density at radius 1 is 0.297 bits per heavy atom. The molecule has 1 rings (SSSR count). The first-order chi connectivity index (χ1) is 18.3. The number of likely N-dealkylation sites (tertiary alicyclic amines) is 1. The van der Waals surface area contributed by atoms with Crippen LogP contribution >= 0.6 is 0 Å². The van der Waals surface area contributed by atoms with Crippen LogP contribution in [-0.4, -0.2) is 30.7 Å². The van der Waals surface area contributed by atoms with Crippen molar-refractivity contribution in [2.24, 2.45) is 0 Å². The van der Waals surface area contributed by atoms with Gasteiger partial charge in [0.25, 0.3) is 0 Å². The lowest BCUT2D eigenvalue weighted by Crippen LogP contribution is -2.46. The number of unbranched alkanes of at least 4 members (excludes halogenated alkanes) is 26. The summed E-state index contributed by atoms with van der Waals surface area (Å²) in [6.07, 6.45) is 44.4. The summed E-state index contributed by atoms with van der Waals surface area (Å²) in [5, 5.41) is 0. The molecular weight excluding hydrogens is 446 g/mol. The van der Waals surface area contributed by atoms with E-state index in [0.29, 0.717) is 0 Å². The molecule has 222 valence electrons. The maximum atomic E-state index is 2.32. The lowest BCUT2D eigenvalue weighted by Gasteiger charge is -2.34. The van der Waals surface area contributed by atoms with Gasteiger partial charge < -0.3 is 4.48 Å². The van der Waals surface area contributed by atoms with Crippen LogP contribution in [0.2, 0.25) is 0 Å². The van der Waals surface area contributed by atoms with Crippen LogP contribution in [0.4, 0.5) is 0 Å². The molecule has 0 amide bonds. The monoisotopic (exact) mass is 521 g/mol. The molecule has 1 aliphatic heterocycles. The fourth-order valence-corrected chi connectivity index (χ4v) is 6.85. The van der Waals surface area contributed by atoms with Gasteiger partial charge in [0.05, 0.1) is 26.2 Å². The van der Waals surface area contributed by atoms with E-state index in [1.165, 1.54) is 223 Å². The fourth-order valence-electron chi connectivity index (χ4n) is 6.85. The van der Waals surface area contributed by atoms with E-state index in [0.717, 1.165) is 0 Å². The molecule has 1 fully saturated rings. The summed E-state index contributed by atoms with van der Waals surface area (Å²) in [5.41, 5.74) is 0. The average molecular weight is 521 g/mol. The SMILES string of the molecule is CCCCCCCCCCCCCCCCCCC[N+]1(CCCCCCCCCCCCC)CCCC1. The Labute approximate surface area is 236 Å². The van der Waals surface area contributed by atoms with E-state index in [1.807, 2.05) is 0 Å². The molecule has 0 aliphatic carbocycles. The Morgan fingerprint density at radius 2 is 0.514 bits per heavy atom.